The molecule has 2 heteroatoms. The van der Waals surface area contributed by atoms with Crippen LogP contribution in [0.1, 0.15) is 39.0 Å². The first-order chi connectivity index (χ1) is 6.25. The van der Waals surface area contributed by atoms with E-state index in [1.807, 2.05) is 0 Å². The molecular weight excluding hydrogens is 178 g/mol. The summed E-state index contributed by atoms with van der Waals surface area (Å²) in [4.78, 5) is 2.54. The topological polar surface area (TPSA) is 3.24 Å². The van der Waals surface area contributed by atoms with Crippen LogP contribution in [0, 0.1) is 5.92 Å². The minimum absolute atomic E-state index is 0.841. The smallest absolute Gasteiger partial charge is 0.0118 e. The third-order valence-electron chi connectivity index (χ3n) is 3.30. The Kier molecular flexibility index (Phi) is 5.18. The molecule has 1 rings (SSSR count). The molecule has 78 valence electrons. The van der Waals surface area contributed by atoms with Crippen molar-refractivity contribution >= 4 is 12.6 Å². The highest BCUT2D eigenvalue weighted by Crippen LogP contribution is 2.27. The van der Waals surface area contributed by atoms with Gasteiger partial charge in [-0.15, -0.1) is 0 Å². The van der Waals surface area contributed by atoms with Crippen LogP contribution in [0.15, 0.2) is 0 Å². The zero-order valence-corrected chi connectivity index (χ0v) is 9.89. The second kappa shape index (κ2) is 5.92. The molecule has 0 spiro atoms. The van der Waals surface area contributed by atoms with E-state index in [-0.39, 0.29) is 0 Å². The molecule has 0 aromatic heterocycles. The van der Waals surface area contributed by atoms with Gasteiger partial charge in [0.2, 0.25) is 0 Å². The lowest BCUT2D eigenvalue weighted by molar-refractivity contribution is 0.140. The van der Waals surface area contributed by atoms with Gasteiger partial charge < -0.3 is 4.90 Å². The number of hydrogen-bond acceptors (Lipinski definition) is 2. The van der Waals surface area contributed by atoms with Gasteiger partial charge in [-0.25, -0.2) is 0 Å². The van der Waals surface area contributed by atoms with E-state index < -0.39 is 0 Å². The average molecular weight is 201 g/mol. The fourth-order valence-electron chi connectivity index (χ4n) is 2.44. The summed E-state index contributed by atoms with van der Waals surface area (Å²) < 4.78 is 0. The molecule has 0 radical (unpaired) electrons. The lowest BCUT2D eigenvalue weighted by Gasteiger charge is -2.36. The Hall–Kier alpha value is 0.310. The van der Waals surface area contributed by atoms with E-state index in [0.29, 0.717) is 0 Å². The van der Waals surface area contributed by atoms with Crippen molar-refractivity contribution in [1.29, 1.82) is 0 Å². The monoisotopic (exact) mass is 201 g/mol. The molecule has 1 nitrogen and oxygen atoms in total. The van der Waals surface area contributed by atoms with Crippen molar-refractivity contribution in [3.8, 4) is 0 Å². The molecule has 1 saturated carbocycles. The maximum absolute atomic E-state index is 4.25. The SMILES string of the molecule is CC1CCCCC1N(C)CCCS. The van der Waals surface area contributed by atoms with Crippen LogP contribution < -0.4 is 0 Å². The van der Waals surface area contributed by atoms with Crippen molar-refractivity contribution in [1.82, 2.24) is 4.90 Å². The minimum Gasteiger partial charge on any atom is -0.303 e. The first-order valence-electron chi connectivity index (χ1n) is 5.57. The summed E-state index contributed by atoms with van der Waals surface area (Å²) in [5.41, 5.74) is 0. The molecule has 1 aliphatic rings. The molecule has 2 unspecified atom stereocenters. The second-order valence-corrected chi connectivity index (χ2v) is 4.83. The Morgan fingerprint density at radius 1 is 1.31 bits per heavy atom. The predicted octanol–water partition coefficient (Wildman–Crippen LogP) is 2.82. The van der Waals surface area contributed by atoms with Crippen molar-refractivity contribution < 1.29 is 0 Å². The number of hydrogen-bond donors (Lipinski definition) is 1. The molecule has 0 bridgehead atoms. The quantitative estimate of drug-likeness (QED) is 0.685. The van der Waals surface area contributed by atoms with Gasteiger partial charge in [0.05, 0.1) is 0 Å². The molecule has 0 aromatic carbocycles. The highest BCUT2D eigenvalue weighted by Gasteiger charge is 2.24. The fourth-order valence-corrected chi connectivity index (χ4v) is 2.58. The standard InChI is InChI=1S/C11H23NS/c1-10-6-3-4-7-11(10)12(2)8-5-9-13/h10-11,13H,3-9H2,1-2H3. The van der Waals surface area contributed by atoms with Crippen LogP contribution in [0.3, 0.4) is 0 Å². The van der Waals surface area contributed by atoms with E-state index in [0.717, 1.165) is 17.7 Å². The van der Waals surface area contributed by atoms with E-state index in [9.17, 15) is 0 Å². The van der Waals surface area contributed by atoms with Gasteiger partial charge in [-0.1, -0.05) is 19.8 Å². The first kappa shape index (κ1) is 11.4. The predicted molar refractivity (Wildman–Crippen MR) is 62.5 cm³/mol. The summed E-state index contributed by atoms with van der Waals surface area (Å²) in [5.74, 6) is 1.92. The summed E-state index contributed by atoms with van der Waals surface area (Å²) in [7, 11) is 2.27. The van der Waals surface area contributed by atoms with Gasteiger partial charge in [-0.2, -0.15) is 12.6 Å². The van der Waals surface area contributed by atoms with Crippen molar-refractivity contribution in [2.75, 3.05) is 19.3 Å². The van der Waals surface area contributed by atoms with E-state index in [1.54, 1.807) is 0 Å². The Morgan fingerprint density at radius 3 is 2.62 bits per heavy atom. The van der Waals surface area contributed by atoms with Crippen molar-refractivity contribution in [2.24, 2.45) is 5.92 Å². The summed E-state index contributed by atoms with van der Waals surface area (Å²) in [5, 5.41) is 0. The lowest BCUT2D eigenvalue weighted by atomic mass is 9.85. The van der Waals surface area contributed by atoms with Crippen LogP contribution in [0.25, 0.3) is 0 Å². The maximum Gasteiger partial charge on any atom is 0.0118 e. The van der Waals surface area contributed by atoms with E-state index >= 15 is 0 Å². The van der Waals surface area contributed by atoms with Crippen LogP contribution in [0.2, 0.25) is 0 Å². The molecule has 2 atom stereocenters. The third kappa shape index (κ3) is 3.51. The molecule has 1 aliphatic carbocycles. The Morgan fingerprint density at radius 2 is 2.00 bits per heavy atom. The summed E-state index contributed by atoms with van der Waals surface area (Å²) in [6.45, 7) is 3.62. The zero-order valence-electron chi connectivity index (χ0n) is 9.00. The van der Waals surface area contributed by atoms with E-state index in [1.165, 1.54) is 38.6 Å². The van der Waals surface area contributed by atoms with Gasteiger partial charge in [0.15, 0.2) is 0 Å². The summed E-state index contributed by atoms with van der Waals surface area (Å²) in [6.07, 6.45) is 6.93. The van der Waals surface area contributed by atoms with E-state index in [4.69, 9.17) is 0 Å². The van der Waals surface area contributed by atoms with Crippen molar-refractivity contribution in [3.05, 3.63) is 0 Å². The molecule has 0 aromatic rings. The largest absolute Gasteiger partial charge is 0.303 e. The van der Waals surface area contributed by atoms with Crippen LogP contribution in [-0.4, -0.2) is 30.3 Å². The summed E-state index contributed by atoms with van der Waals surface area (Å²) >= 11 is 4.25. The molecule has 13 heavy (non-hydrogen) atoms. The van der Waals surface area contributed by atoms with Crippen LogP contribution in [-0.2, 0) is 0 Å². The normalized spacial score (nSPS) is 29.5. The highest BCUT2D eigenvalue weighted by molar-refractivity contribution is 7.80. The number of nitrogens with zero attached hydrogens (tertiary/aromatic N) is 1. The van der Waals surface area contributed by atoms with Crippen LogP contribution >= 0.6 is 12.6 Å². The minimum atomic E-state index is 0.841. The molecule has 0 saturated heterocycles. The summed E-state index contributed by atoms with van der Waals surface area (Å²) in [6, 6.07) is 0.841. The van der Waals surface area contributed by atoms with Gasteiger partial charge in [-0.05, 0) is 44.5 Å². The Balaban J connectivity index is 2.30. The second-order valence-electron chi connectivity index (χ2n) is 4.39. The molecule has 0 amide bonds. The number of thiol groups is 1. The van der Waals surface area contributed by atoms with Gasteiger partial charge in [0.1, 0.15) is 0 Å². The fraction of sp³-hybridized carbons (Fsp3) is 1.00. The van der Waals surface area contributed by atoms with Crippen molar-refractivity contribution in [2.45, 2.75) is 45.1 Å². The van der Waals surface area contributed by atoms with Crippen LogP contribution in [0.5, 0.6) is 0 Å². The van der Waals surface area contributed by atoms with Gasteiger partial charge in [0, 0.05) is 6.04 Å². The van der Waals surface area contributed by atoms with Gasteiger partial charge in [0.25, 0.3) is 0 Å². The Labute approximate surface area is 88.3 Å². The average Bonchev–Trinajstić information content (AvgIpc) is 2.15. The van der Waals surface area contributed by atoms with Gasteiger partial charge in [-0.3, -0.25) is 0 Å². The molecule has 0 N–H and O–H groups in total. The Bertz CT molecular complexity index is 138. The number of rotatable bonds is 4. The van der Waals surface area contributed by atoms with Crippen LogP contribution in [0.4, 0.5) is 0 Å². The molecular formula is C11H23NS. The van der Waals surface area contributed by atoms with Gasteiger partial charge >= 0.3 is 0 Å². The molecule has 0 aliphatic heterocycles. The zero-order chi connectivity index (χ0) is 9.68. The first-order valence-corrected chi connectivity index (χ1v) is 6.20. The lowest BCUT2D eigenvalue weighted by Crippen LogP contribution is -2.39. The molecule has 1 fully saturated rings. The molecule has 0 heterocycles. The highest BCUT2D eigenvalue weighted by atomic mass is 32.1. The maximum atomic E-state index is 4.25. The third-order valence-corrected chi connectivity index (χ3v) is 3.62. The van der Waals surface area contributed by atoms with E-state index in [2.05, 4.69) is 31.5 Å². The van der Waals surface area contributed by atoms with Crippen molar-refractivity contribution in [3.63, 3.8) is 0 Å².